The van der Waals surface area contributed by atoms with Crippen LogP contribution in [-0.2, 0) is 4.79 Å². The molecular formula is C14H10ClFN2O. The molecule has 0 aliphatic carbocycles. The minimum Gasteiger partial charge on any atom is -0.368 e. The predicted molar refractivity (Wildman–Crippen MR) is 72.8 cm³/mol. The fourth-order valence-electron chi connectivity index (χ4n) is 2.11. The SMILES string of the molecule is O=C1Nc2ccc(Cl)cc2C1Nc1ccccc1F. The second kappa shape index (κ2) is 4.55. The summed E-state index contributed by atoms with van der Waals surface area (Å²) >= 11 is 5.93. The van der Waals surface area contributed by atoms with E-state index < -0.39 is 11.9 Å². The third kappa shape index (κ3) is 2.15. The lowest BCUT2D eigenvalue weighted by Gasteiger charge is -2.13. The summed E-state index contributed by atoms with van der Waals surface area (Å²) in [5, 5.41) is 6.17. The van der Waals surface area contributed by atoms with E-state index in [0.717, 1.165) is 5.56 Å². The molecule has 2 N–H and O–H groups in total. The van der Waals surface area contributed by atoms with Gasteiger partial charge in [0.15, 0.2) is 0 Å². The Morgan fingerprint density at radius 3 is 2.79 bits per heavy atom. The van der Waals surface area contributed by atoms with Crippen LogP contribution in [0.2, 0.25) is 5.02 Å². The van der Waals surface area contributed by atoms with Gasteiger partial charge in [0.1, 0.15) is 11.9 Å². The van der Waals surface area contributed by atoms with Gasteiger partial charge in [0.05, 0.1) is 5.69 Å². The van der Waals surface area contributed by atoms with Gasteiger partial charge in [-0.3, -0.25) is 4.79 Å². The van der Waals surface area contributed by atoms with Crippen LogP contribution in [0.4, 0.5) is 15.8 Å². The molecule has 0 bridgehead atoms. The standard InChI is InChI=1S/C14H10ClFN2O/c15-8-5-6-11-9(7-8)13(14(19)18-11)17-12-4-2-1-3-10(12)16/h1-7,13,17H,(H,18,19). The molecule has 1 amide bonds. The molecule has 2 aromatic carbocycles. The Labute approximate surface area is 114 Å². The van der Waals surface area contributed by atoms with Gasteiger partial charge in [0.25, 0.3) is 5.91 Å². The highest BCUT2D eigenvalue weighted by molar-refractivity contribution is 6.31. The minimum atomic E-state index is -0.634. The molecule has 0 radical (unpaired) electrons. The number of hydrogen-bond donors (Lipinski definition) is 2. The molecule has 0 spiro atoms. The van der Waals surface area contributed by atoms with Gasteiger partial charge in [0.2, 0.25) is 0 Å². The summed E-state index contributed by atoms with van der Waals surface area (Å²) in [5.41, 5.74) is 1.71. The lowest BCUT2D eigenvalue weighted by Crippen LogP contribution is -2.20. The van der Waals surface area contributed by atoms with Crippen molar-refractivity contribution in [1.29, 1.82) is 0 Å². The van der Waals surface area contributed by atoms with Crippen LogP contribution < -0.4 is 10.6 Å². The number of hydrogen-bond acceptors (Lipinski definition) is 2. The molecule has 0 saturated carbocycles. The number of fused-ring (bicyclic) bond motifs is 1. The number of nitrogens with one attached hydrogen (secondary N) is 2. The maximum Gasteiger partial charge on any atom is 0.251 e. The molecule has 96 valence electrons. The predicted octanol–water partition coefficient (Wildman–Crippen LogP) is 3.58. The highest BCUT2D eigenvalue weighted by Gasteiger charge is 2.31. The molecule has 1 heterocycles. The topological polar surface area (TPSA) is 41.1 Å². The van der Waals surface area contributed by atoms with Crippen LogP contribution in [-0.4, -0.2) is 5.91 Å². The maximum absolute atomic E-state index is 13.6. The average Bonchev–Trinajstić information content (AvgIpc) is 2.69. The van der Waals surface area contributed by atoms with E-state index in [1.165, 1.54) is 6.07 Å². The molecule has 1 atom stereocenters. The number of para-hydroxylation sites is 1. The zero-order chi connectivity index (χ0) is 13.4. The van der Waals surface area contributed by atoms with Crippen molar-refractivity contribution in [2.45, 2.75) is 6.04 Å². The summed E-state index contributed by atoms with van der Waals surface area (Å²) in [7, 11) is 0. The molecule has 1 aliphatic rings. The number of halogens is 2. The van der Waals surface area contributed by atoms with E-state index in [0.29, 0.717) is 10.7 Å². The normalized spacial score (nSPS) is 16.9. The number of carbonyl (C=O) groups is 1. The van der Waals surface area contributed by atoms with E-state index in [4.69, 9.17) is 11.6 Å². The molecule has 19 heavy (non-hydrogen) atoms. The first kappa shape index (κ1) is 12.0. The first-order chi connectivity index (χ1) is 9.15. The van der Waals surface area contributed by atoms with Gasteiger partial charge in [-0.25, -0.2) is 4.39 Å². The van der Waals surface area contributed by atoms with E-state index in [1.807, 2.05) is 0 Å². The van der Waals surface area contributed by atoms with Crippen molar-refractivity contribution in [3.8, 4) is 0 Å². The molecule has 1 unspecified atom stereocenters. The Kier molecular flexibility index (Phi) is 2.87. The summed E-state index contributed by atoms with van der Waals surface area (Å²) in [4.78, 5) is 11.9. The number of benzene rings is 2. The third-order valence-electron chi connectivity index (χ3n) is 3.02. The van der Waals surface area contributed by atoms with E-state index in [2.05, 4.69) is 10.6 Å². The molecule has 1 aliphatic heterocycles. The third-order valence-corrected chi connectivity index (χ3v) is 3.25. The lowest BCUT2D eigenvalue weighted by atomic mass is 10.1. The Hall–Kier alpha value is -2.07. The highest BCUT2D eigenvalue weighted by atomic mass is 35.5. The lowest BCUT2D eigenvalue weighted by molar-refractivity contribution is -0.116. The van der Waals surface area contributed by atoms with Gasteiger partial charge in [0, 0.05) is 16.3 Å². The van der Waals surface area contributed by atoms with Crippen molar-refractivity contribution >= 4 is 28.9 Å². The maximum atomic E-state index is 13.6. The van der Waals surface area contributed by atoms with Gasteiger partial charge < -0.3 is 10.6 Å². The first-order valence-electron chi connectivity index (χ1n) is 5.76. The minimum absolute atomic E-state index is 0.222. The van der Waals surface area contributed by atoms with Crippen LogP contribution in [0.3, 0.4) is 0 Å². The summed E-state index contributed by atoms with van der Waals surface area (Å²) in [6.07, 6.45) is 0. The van der Waals surface area contributed by atoms with Gasteiger partial charge in [-0.15, -0.1) is 0 Å². The second-order valence-electron chi connectivity index (χ2n) is 4.28. The fraction of sp³-hybridized carbons (Fsp3) is 0.0714. The van der Waals surface area contributed by atoms with Crippen molar-refractivity contribution in [3.05, 3.63) is 58.9 Å². The molecule has 3 nitrogen and oxygen atoms in total. The Balaban J connectivity index is 1.97. The highest BCUT2D eigenvalue weighted by Crippen LogP contribution is 2.35. The Bertz CT molecular complexity index is 660. The number of anilines is 2. The van der Waals surface area contributed by atoms with E-state index in [9.17, 15) is 9.18 Å². The van der Waals surface area contributed by atoms with Crippen LogP contribution in [0.1, 0.15) is 11.6 Å². The zero-order valence-corrected chi connectivity index (χ0v) is 10.5. The monoisotopic (exact) mass is 276 g/mol. The van der Waals surface area contributed by atoms with Gasteiger partial charge >= 0.3 is 0 Å². The Morgan fingerprint density at radius 1 is 1.21 bits per heavy atom. The van der Waals surface area contributed by atoms with Crippen LogP contribution in [0.25, 0.3) is 0 Å². The largest absolute Gasteiger partial charge is 0.368 e. The molecular weight excluding hydrogens is 267 g/mol. The van der Waals surface area contributed by atoms with Crippen LogP contribution in [0, 0.1) is 5.82 Å². The van der Waals surface area contributed by atoms with E-state index in [1.54, 1.807) is 36.4 Å². The first-order valence-corrected chi connectivity index (χ1v) is 6.14. The molecule has 2 aromatic rings. The van der Waals surface area contributed by atoms with Crippen LogP contribution >= 0.6 is 11.6 Å². The van der Waals surface area contributed by atoms with Crippen molar-refractivity contribution in [2.24, 2.45) is 0 Å². The Morgan fingerprint density at radius 2 is 2.00 bits per heavy atom. The van der Waals surface area contributed by atoms with Crippen molar-refractivity contribution in [2.75, 3.05) is 10.6 Å². The molecule has 0 saturated heterocycles. The zero-order valence-electron chi connectivity index (χ0n) is 9.78. The van der Waals surface area contributed by atoms with E-state index >= 15 is 0 Å². The molecule has 0 aromatic heterocycles. The van der Waals surface area contributed by atoms with Gasteiger partial charge in [-0.05, 0) is 30.3 Å². The number of rotatable bonds is 2. The summed E-state index contributed by atoms with van der Waals surface area (Å²) in [5.74, 6) is -0.619. The quantitative estimate of drug-likeness (QED) is 0.880. The average molecular weight is 277 g/mol. The molecule has 0 fully saturated rings. The van der Waals surface area contributed by atoms with Crippen LogP contribution in [0.15, 0.2) is 42.5 Å². The summed E-state index contributed by atoms with van der Waals surface area (Å²) in [6, 6.07) is 10.7. The van der Waals surface area contributed by atoms with Crippen molar-refractivity contribution in [1.82, 2.24) is 0 Å². The fourth-order valence-corrected chi connectivity index (χ4v) is 2.29. The molecule has 3 rings (SSSR count). The van der Waals surface area contributed by atoms with Crippen molar-refractivity contribution < 1.29 is 9.18 Å². The number of carbonyl (C=O) groups excluding carboxylic acids is 1. The smallest absolute Gasteiger partial charge is 0.251 e. The number of amides is 1. The second-order valence-corrected chi connectivity index (χ2v) is 4.71. The van der Waals surface area contributed by atoms with Crippen molar-refractivity contribution in [3.63, 3.8) is 0 Å². The van der Waals surface area contributed by atoms with Gasteiger partial charge in [-0.2, -0.15) is 0 Å². The van der Waals surface area contributed by atoms with Gasteiger partial charge in [-0.1, -0.05) is 23.7 Å². The molecule has 5 heteroatoms. The summed E-state index contributed by atoms with van der Waals surface area (Å²) in [6.45, 7) is 0. The van der Waals surface area contributed by atoms with Crippen LogP contribution in [0.5, 0.6) is 0 Å². The van der Waals surface area contributed by atoms with E-state index in [-0.39, 0.29) is 11.6 Å². The summed E-state index contributed by atoms with van der Waals surface area (Å²) < 4.78 is 13.6.